The monoisotopic (exact) mass is 339 g/mol. The Labute approximate surface area is 116 Å². The van der Waals surface area contributed by atoms with Crippen LogP contribution < -0.4 is 0 Å². The summed E-state index contributed by atoms with van der Waals surface area (Å²) in [5.41, 5.74) is 2.14. The van der Waals surface area contributed by atoms with Crippen LogP contribution in [0.1, 0.15) is 5.56 Å². The lowest BCUT2D eigenvalue weighted by Gasteiger charge is -2.02. The summed E-state index contributed by atoms with van der Waals surface area (Å²) in [4.78, 5) is 0. The van der Waals surface area contributed by atoms with E-state index in [2.05, 4.69) is 21.1 Å². The molecular weight excluding hydrogens is 336 g/mol. The van der Waals surface area contributed by atoms with E-state index in [9.17, 15) is 0 Å². The Kier molecular flexibility index (Phi) is 3.80. The first kappa shape index (κ1) is 12.2. The Morgan fingerprint density at radius 3 is 2.69 bits per heavy atom. The highest BCUT2D eigenvalue weighted by molar-refractivity contribution is 9.10. The molecule has 0 bridgehead atoms. The third-order valence-corrected chi connectivity index (χ3v) is 3.50. The molecule has 0 unspecified atom stereocenters. The van der Waals surface area contributed by atoms with Crippen LogP contribution in [-0.2, 0) is 5.88 Å². The van der Waals surface area contributed by atoms with Crippen molar-refractivity contribution in [1.82, 2.24) is 5.16 Å². The van der Waals surface area contributed by atoms with Crippen molar-refractivity contribution < 1.29 is 4.52 Å². The first-order valence-electron chi connectivity index (χ1n) is 4.29. The fourth-order valence-electron chi connectivity index (χ4n) is 1.30. The second kappa shape index (κ2) is 4.96. The highest BCUT2D eigenvalue weighted by atomic mass is 79.9. The van der Waals surface area contributed by atoms with E-state index < -0.39 is 0 Å². The van der Waals surface area contributed by atoms with Crippen LogP contribution in [-0.4, -0.2) is 5.16 Å². The number of aromatic nitrogens is 1. The fourth-order valence-corrected chi connectivity index (χ4v) is 2.61. The van der Waals surface area contributed by atoms with Crippen molar-refractivity contribution in [3.8, 4) is 11.3 Å². The molecule has 1 heterocycles. The maximum atomic E-state index is 6.08. The first-order valence-corrected chi connectivity index (χ1v) is 6.37. The average molecular weight is 341 g/mol. The normalized spacial score (nSPS) is 10.8. The molecule has 2 nitrogen and oxygen atoms in total. The fraction of sp³-hybridized carbons (Fsp3) is 0.100. The third kappa shape index (κ3) is 2.23. The van der Waals surface area contributed by atoms with Gasteiger partial charge in [-0.05, 0) is 34.1 Å². The summed E-state index contributed by atoms with van der Waals surface area (Å²) in [5, 5.41) is 5.00. The molecule has 0 spiro atoms. The Bertz CT molecular complexity index is 527. The molecule has 0 N–H and O–H groups in total. The Morgan fingerprint density at radius 1 is 1.31 bits per heavy atom. The molecule has 0 radical (unpaired) electrons. The lowest BCUT2D eigenvalue weighted by Crippen LogP contribution is -1.85. The van der Waals surface area contributed by atoms with Crippen molar-refractivity contribution in [2.75, 3.05) is 0 Å². The van der Waals surface area contributed by atoms with Gasteiger partial charge in [-0.25, -0.2) is 0 Å². The quantitative estimate of drug-likeness (QED) is 0.706. The molecule has 84 valence electrons. The summed E-state index contributed by atoms with van der Waals surface area (Å²) < 4.78 is 5.53. The van der Waals surface area contributed by atoms with Gasteiger partial charge in [-0.2, -0.15) is 0 Å². The number of nitrogens with zero attached hydrogens (tertiary/aromatic N) is 1. The predicted octanol–water partition coefficient (Wildman–Crippen LogP) is 5.15. The highest BCUT2D eigenvalue weighted by Crippen LogP contribution is 2.35. The maximum absolute atomic E-state index is 6.08. The van der Waals surface area contributed by atoms with Crippen LogP contribution in [0.25, 0.3) is 11.3 Å². The molecule has 0 aliphatic heterocycles. The molecule has 16 heavy (non-hydrogen) atoms. The number of halogens is 4. The van der Waals surface area contributed by atoms with Gasteiger partial charge in [0.2, 0.25) is 4.67 Å². The van der Waals surface area contributed by atoms with E-state index in [4.69, 9.17) is 39.3 Å². The highest BCUT2D eigenvalue weighted by Gasteiger charge is 2.17. The molecule has 0 saturated heterocycles. The van der Waals surface area contributed by atoms with Gasteiger partial charge in [-0.3, -0.25) is 0 Å². The zero-order chi connectivity index (χ0) is 11.7. The third-order valence-electron chi connectivity index (χ3n) is 2.06. The van der Waals surface area contributed by atoms with E-state index in [0.29, 0.717) is 26.3 Å². The Balaban J connectivity index is 2.58. The largest absolute Gasteiger partial charge is 0.348 e. The molecule has 0 atom stereocenters. The Hall–Kier alpha value is -0.220. The van der Waals surface area contributed by atoms with Crippen LogP contribution in [0.4, 0.5) is 0 Å². The van der Waals surface area contributed by atoms with Crippen molar-refractivity contribution in [3.05, 3.63) is 38.5 Å². The summed E-state index contributed by atoms with van der Waals surface area (Å²) in [6, 6.07) is 5.17. The lowest BCUT2D eigenvalue weighted by atomic mass is 10.1. The molecule has 2 rings (SSSR count). The van der Waals surface area contributed by atoms with Crippen molar-refractivity contribution in [2.24, 2.45) is 0 Å². The zero-order valence-electron chi connectivity index (χ0n) is 7.81. The lowest BCUT2D eigenvalue weighted by molar-refractivity contribution is 0.401. The number of hydrogen-bond donors (Lipinski definition) is 0. The van der Waals surface area contributed by atoms with E-state index in [1.165, 1.54) is 0 Å². The standard InChI is InChI=1S/C10H5BrCl3NO/c11-10-7(4-12)9(15-16-10)6-2-1-5(13)3-8(6)14/h1-3H,4H2. The van der Waals surface area contributed by atoms with Gasteiger partial charge < -0.3 is 4.52 Å². The summed E-state index contributed by atoms with van der Waals surface area (Å²) in [7, 11) is 0. The summed E-state index contributed by atoms with van der Waals surface area (Å²) in [6.07, 6.45) is 0. The van der Waals surface area contributed by atoms with Crippen LogP contribution in [0.2, 0.25) is 10.0 Å². The van der Waals surface area contributed by atoms with Gasteiger partial charge in [0.15, 0.2) is 0 Å². The minimum Gasteiger partial charge on any atom is -0.348 e. The number of hydrogen-bond acceptors (Lipinski definition) is 2. The van der Waals surface area contributed by atoms with Crippen LogP contribution in [0, 0.1) is 0 Å². The average Bonchev–Trinajstić information content (AvgIpc) is 2.59. The zero-order valence-corrected chi connectivity index (χ0v) is 11.7. The molecule has 1 aromatic carbocycles. The van der Waals surface area contributed by atoms with Crippen molar-refractivity contribution in [3.63, 3.8) is 0 Å². The summed E-state index contributed by atoms with van der Waals surface area (Å²) in [5.74, 6) is 0.290. The second-order valence-corrected chi connectivity index (χ2v) is 4.87. The Morgan fingerprint density at radius 2 is 2.06 bits per heavy atom. The van der Waals surface area contributed by atoms with E-state index in [1.54, 1.807) is 18.2 Å². The molecule has 2 aromatic rings. The number of alkyl halides is 1. The van der Waals surface area contributed by atoms with Crippen molar-refractivity contribution >= 4 is 50.7 Å². The summed E-state index contributed by atoms with van der Waals surface area (Å²) in [6.45, 7) is 0. The van der Waals surface area contributed by atoms with Crippen LogP contribution in [0.3, 0.4) is 0 Å². The molecule has 0 aliphatic rings. The molecular formula is C10H5BrCl3NO. The molecule has 0 saturated carbocycles. The minimum absolute atomic E-state index is 0.290. The smallest absolute Gasteiger partial charge is 0.206 e. The molecule has 6 heteroatoms. The SMILES string of the molecule is ClCc1c(-c2ccc(Cl)cc2Cl)noc1Br. The molecule has 0 fully saturated rings. The van der Waals surface area contributed by atoms with E-state index >= 15 is 0 Å². The van der Waals surface area contributed by atoms with Gasteiger partial charge in [0.05, 0.1) is 10.9 Å². The predicted molar refractivity (Wildman–Crippen MR) is 69.2 cm³/mol. The van der Waals surface area contributed by atoms with Gasteiger partial charge in [0.25, 0.3) is 0 Å². The summed E-state index contributed by atoms with van der Waals surface area (Å²) >= 11 is 20.9. The van der Waals surface area contributed by atoms with Gasteiger partial charge >= 0.3 is 0 Å². The second-order valence-electron chi connectivity index (χ2n) is 3.04. The van der Waals surface area contributed by atoms with Gasteiger partial charge in [-0.15, -0.1) is 11.6 Å². The van der Waals surface area contributed by atoms with Gasteiger partial charge in [0.1, 0.15) is 5.69 Å². The number of benzene rings is 1. The van der Waals surface area contributed by atoms with Gasteiger partial charge in [-0.1, -0.05) is 28.4 Å². The molecule has 0 amide bonds. The van der Waals surface area contributed by atoms with Crippen molar-refractivity contribution in [2.45, 2.75) is 5.88 Å². The van der Waals surface area contributed by atoms with E-state index in [0.717, 1.165) is 11.1 Å². The van der Waals surface area contributed by atoms with E-state index in [-0.39, 0.29) is 0 Å². The first-order chi connectivity index (χ1) is 7.63. The number of rotatable bonds is 2. The van der Waals surface area contributed by atoms with Crippen LogP contribution >= 0.6 is 50.7 Å². The minimum atomic E-state index is 0.290. The van der Waals surface area contributed by atoms with Gasteiger partial charge in [0, 0.05) is 16.1 Å². The maximum Gasteiger partial charge on any atom is 0.206 e. The van der Waals surface area contributed by atoms with Crippen molar-refractivity contribution in [1.29, 1.82) is 0 Å². The topological polar surface area (TPSA) is 26.0 Å². The molecule has 0 aliphatic carbocycles. The van der Waals surface area contributed by atoms with Crippen LogP contribution in [0.5, 0.6) is 0 Å². The van der Waals surface area contributed by atoms with Crippen LogP contribution in [0.15, 0.2) is 27.4 Å². The molecule has 1 aromatic heterocycles. The van der Waals surface area contributed by atoms with E-state index in [1.807, 2.05) is 0 Å².